The monoisotopic (exact) mass is 289 g/mol. The lowest BCUT2D eigenvalue weighted by Crippen LogP contribution is -2.29. The van der Waals surface area contributed by atoms with E-state index in [0.29, 0.717) is 0 Å². The van der Waals surface area contributed by atoms with Crippen molar-refractivity contribution < 1.29 is 9.90 Å². The van der Waals surface area contributed by atoms with Crippen molar-refractivity contribution in [2.24, 2.45) is 4.99 Å². The summed E-state index contributed by atoms with van der Waals surface area (Å²) in [6.45, 7) is 1.76. The number of aliphatic imine (C=N–C) groups is 1. The largest absolute Gasteiger partial charge is 0.477 e. The summed E-state index contributed by atoms with van der Waals surface area (Å²) in [5, 5.41) is 11.2. The van der Waals surface area contributed by atoms with Crippen molar-refractivity contribution in [2.45, 2.75) is 11.3 Å². The summed E-state index contributed by atoms with van der Waals surface area (Å²) in [6, 6.07) is 7.63. The third-order valence-electron chi connectivity index (χ3n) is 3.29. The van der Waals surface area contributed by atoms with Gasteiger partial charge in [-0.05, 0) is 24.2 Å². The number of hydrogen-bond acceptors (Lipinski definition) is 4. The smallest absolute Gasteiger partial charge is 0.353 e. The molecule has 1 aromatic heterocycles. The van der Waals surface area contributed by atoms with Gasteiger partial charge in [0.15, 0.2) is 5.17 Å². The van der Waals surface area contributed by atoms with Crippen LogP contribution in [0.4, 0.5) is 0 Å². The predicted molar refractivity (Wildman–Crippen MR) is 80.7 cm³/mol. The van der Waals surface area contributed by atoms with Crippen LogP contribution in [0, 0.1) is 0 Å². The third-order valence-corrected chi connectivity index (χ3v) is 4.54. The van der Waals surface area contributed by atoms with Gasteiger partial charge in [0, 0.05) is 31.0 Å². The van der Waals surface area contributed by atoms with Crippen LogP contribution in [-0.2, 0) is 0 Å². The van der Waals surface area contributed by atoms with Crippen molar-refractivity contribution in [3.05, 3.63) is 30.0 Å². The molecule has 0 amide bonds. The average Bonchev–Trinajstić information content (AvgIpc) is 2.81. The molecule has 0 unspecified atom stereocenters. The Kier molecular flexibility index (Phi) is 3.40. The van der Waals surface area contributed by atoms with Crippen LogP contribution in [0.2, 0.25) is 0 Å². The number of nitrogens with one attached hydrogen (secondary N) is 1. The number of hydrogen-bond donors (Lipinski definition) is 2. The van der Waals surface area contributed by atoms with Crippen molar-refractivity contribution >= 4 is 33.8 Å². The van der Waals surface area contributed by atoms with E-state index in [1.165, 1.54) is 11.8 Å². The number of amidine groups is 1. The quantitative estimate of drug-likeness (QED) is 0.892. The Morgan fingerprint density at radius 2 is 2.25 bits per heavy atom. The van der Waals surface area contributed by atoms with Crippen molar-refractivity contribution in [3.63, 3.8) is 0 Å². The van der Waals surface area contributed by atoms with Crippen LogP contribution in [0.5, 0.6) is 0 Å². The predicted octanol–water partition coefficient (Wildman–Crippen LogP) is 2.65. The molecule has 0 bridgehead atoms. The Morgan fingerprint density at radius 1 is 1.45 bits per heavy atom. The van der Waals surface area contributed by atoms with E-state index >= 15 is 0 Å². The SMILES string of the molecule is CN1CCCN=C1Sc1c(C(=O)O)[nH]c2ccccc12. The van der Waals surface area contributed by atoms with Gasteiger partial charge in [0.05, 0.1) is 4.90 Å². The standard InChI is InChI=1S/C14H15N3O2S/c1-17-8-4-7-15-14(17)20-12-9-5-2-3-6-10(9)16-11(12)13(18)19/h2-3,5-6,16H,4,7-8H2,1H3,(H,18,19). The van der Waals surface area contributed by atoms with Crippen molar-refractivity contribution in [1.82, 2.24) is 9.88 Å². The van der Waals surface area contributed by atoms with Gasteiger partial charge in [0.2, 0.25) is 0 Å². The summed E-state index contributed by atoms with van der Waals surface area (Å²) in [6.07, 6.45) is 1.04. The zero-order chi connectivity index (χ0) is 14.1. The van der Waals surface area contributed by atoms with Crippen molar-refractivity contribution in [2.75, 3.05) is 20.1 Å². The number of thioether (sulfide) groups is 1. The molecule has 20 heavy (non-hydrogen) atoms. The van der Waals surface area contributed by atoms with Crippen LogP contribution >= 0.6 is 11.8 Å². The minimum absolute atomic E-state index is 0.234. The fraction of sp³-hybridized carbons (Fsp3) is 0.286. The average molecular weight is 289 g/mol. The number of nitrogens with zero attached hydrogens (tertiary/aromatic N) is 2. The highest BCUT2D eigenvalue weighted by molar-refractivity contribution is 8.14. The maximum absolute atomic E-state index is 11.4. The van der Waals surface area contributed by atoms with E-state index in [4.69, 9.17) is 0 Å². The van der Waals surface area contributed by atoms with Gasteiger partial charge >= 0.3 is 5.97 Å². The van der Waals surface area contributed by atoms with Gasteiger partial charge in [0.1, 0.15) is 5.69 Å². The number of aromatic carboxylic acids is 1. The van der Waals surface area contributed by atoms with E-state index in [0.717, 1.165) is 40.5 Å². The summed E-state index contributed by atoms with van der Waals surface area (Å²) in [5.74, 6) is -0.942. The summed E-state index contributed by atoms with van der Waals surface area (Å²) < 4.78 is 0. The first kappa shape index (κ1) is 13.1. The Balaban J connectivity index is 2.07. The number of rotatable bonds is 2. The molecule has 3 rings (SSSR count). The number of aromatic nitrogens is 1. The molecule has 0 aliphatic carbocycles. The molecular formula is C14H15N3O2S. The van der Waals surface area contributed by atoms with E-state index in [2.05, 4.69) is 14.9 Å². The summed E-state index contributed by atoms with van der Waals surface area (Å²) in [7, 11) is 1.99. The Labute approximate surface area is 120 Å². The molecule has 0 spiro atoms. The van der Waals surface area contributed by atoms with E-state index in [1.807, 2.05) is 31.3 Å². The molecule has 0 radical (unpaired) electrons. The molecule has 104 valence electrons. The molecule has 2 aromatic rings. The molecule has 0 saturated carbocycles. The molecule has 0 saturated heterocycles. The van der Waals surface area contributed by atoms with Crippen LogP contribution in [0.15, 0.2) is 34.2 Å². The molecule has 5 nitrogen and oxygen atoms in total. The highest BCUT2D eigenvalue weighted by atomic mass is 32.2. The molecule has 1 aliphatic heterocycles. The fourth-order valence-electron chi connectivity index (χ4n) is 2.27. The van der Waals surface area contributed by atoms with E-state index in [-0.39, 0.29) is 5.69 Å². The zero-order valence-electron chi connectivity index (χ0n) is 11.1. The topological polar surface area (TPSA) is 68.7 Å². The van der Waals surface area contributed by atoms with Crippen LogP contribution < -0.4 is 0 Å². The van der Waals surface area contributed by atoms with Gasteiger partial charge in [-0.15, -0.1) is 0 Å². The van der Waals surface area contributed by atoms with Crippen LogP contribution in [-0.4, -0.2) is 46.3 Å². The van der Waals surface area contributed by atoms with Gasteiger partial charge in [-0.25, -0.2) is 4.79 Å². The number of fused-ring (bicyclic) bond motifs is 1. The lowest BCUT2D eigenvalue weighted by atomic mass is 10.2. The van der Waals surface area contributed by atoms with Crippen LogP contribution in [0.1, 0.15) is 16.9 Å². The van der Waals surface area contributed by atoms with Crippen molar-refractivity contribution in [1.29, 1.82) is 0 Å². The number of H-pyrrole nitrogens is 1. The lowest BCUT2D eigenvalue weighted by Gasteiger charge is -2.24. The number of carboxylic acids is 1. The maximum Gasteiger partial charge on any atom is 0.353 e. The highest BCUT2D eigenvalue weighted by Gasteiger charge is 2.21. The van der Waals surface area contributed by atoms with Crippen molar-refractivity contribution in [3.8, 4) is 0 Å². The van der Waals surface area contributed by atoms with Crippen LogP contribution in [0.3, 0.4) is 0 Å². The Hall–Kier alpha value is -1.95. The fourth-order valence-corrected chi connectivity index (χ4v) is 3.39. The van der Waals surface area contributed by atoms with Gasteiger partial charge in [0.25, 0.3) is 0 Å². The van der Waals surface area contributed by atoms with Gasteiger partial charge in [-0.3, -0.25) is 4.99 Å². The summed E-state index contributed by atoms with van der Waals surface area (Å²) in [4.78, 5) is 21.7. The first-order valence-electron chi connectivity index (χ1n) is 6.44. The first-order chi connectivity index (χ1) is 9.66. The third kappa shape index (κ3) is 2.27. The lowest BCUT2D eigenvalue weighted by molar-refractivity contribution is 0.0688. The Bertz CT molecular complexity index is 693. The maximum atomic E-state index is 11.4. The van der Waals surface area contributed by atoms with Crippen LogP contribution in [0.25, 0.3) is 10.9 Å². The van der Waals surface area contributed by atoms with E-state index in [1.54, 1.807) is 0 Å². The second-order valence-corrected chi connectivity index (χ2v) is 5.70. The number of carbonyl (C=O) groups is 1. The molecule has 6 heteroatoms. The molecule has 2 heterocycles. The summed E-state index contributed by atoms with van der Waals surface area (Å²) >= 11 is 1.43. The van der Waals surface area contributed by atoms with Gasteiger partial charge < -0.3 is 15.0 Å². The first-order valence-corrected chi connectivity index (χ1v) is 7.26. The second kappa shape index (κ2) is 5.20. The molecule has 0 atom stereocenters. The number of para-hydroxylation sites is 1. The minimum Gasteiger partial charge on any atom is -0.477 e. The van der Waals surface area contributed by atoms with E-state index in [9.17, 15) is 9.90 Å². The second-order valence-electron chi connectivity index (χ2n) is 4.72. The van der Waals surface area contributed by atoms with Gasteiger partial charge in [-0.2, -0.15) is 0 Å². The molecular weight excluding hydrogens is 274 g/mol. The minimum atomic E-state index is -0.942. The number of aromatic amines is 1. The number of carboxylic acid groups (broad SMARTS) is 1. The van der Waals surface area contributed by atoms with E-state index < -0.39 is 5.97 Å². The molecule has 2 N–H and O–H groups in total. The summed E-state index contributed by atoms with van der Waals surface area (Å²) in [5.41, 5.74) is 1.07. The normalized spacial score (nSPS) is 15.4. The number of benzene rings is 1. The Morgan fingerprint density at radius 3 is 3.00 bits per heavy atom. The molecule has 1 aromatic carbocycles. The van der Waals surface area contributed by atoms with Gasteiger partial charge in [-0.1, -0.05) is 18.2 Å². The molecule has 1 aliphatic rings. The highest BCUT2D eigenvalue weighted by Crippen LogP contribution is 2.33. The zero-order valence-corrected chi connectivity index (χ0v) is 11.9. The molecule has 0 fully saturated rings.